The summed E-state index contributed by atoms with van der Waals surface area (Å²) in [6.45, 7) is 1.59. The van der Waals surface area contributed by atoms with Crippen molar-refractivity contribution in [3.05, 3.63) is 53.4 Å². The van der Waals surface area contributed by atoms with Crippen molar-refractivity contribution in [2.24, 2.45) is 0 Å². The molecule has 1 aromatic carbocycles. The van der Waals surface area contributed by atoms with Crippen LogP contribution in [0.25, 0.3) is 0 Å². The zero-order valence-electron chi connectivity index (χ0n) is 9.42. The SMILES string of the molecule is CC(c1ncc[nH]1)c1cccc(C(F)(F)F)c1F. The molecule has 0 aliphatic carbocycles. The highest BCUT2D eigenvalue weighted by atomic mass is 19.4. The molecule has 0 bridgehead atoms. The van der Waals surface area contributed by atoms with E-state index < -0.39 is 23.5 Å². The van der Waals surface area contributed by atoms with E-state index in [2.05, 4.69) is 9.97 Å². The van der Waals surface area contributed by atoms with Gasteiger partial charge in [-0.3, -0.25) is 0 Å². The number of halogens is 4. The van der Waals surface area contributed by atoms with Crippen LogP contribution < -0.4 is 0 Å². The Morgan fingerprint density at radius 2 is 2.00 bits per heavy atom. The third-order valence-electron chi connectivity index (χ3n) is 2.73. The van der Waals surface area contributed by atoms with Crippen molar-refractivity contribution in [2.45, 2.75) is 19.0 Å². The van der Waals surface area contributed by atoms with Crippen LogP contribution in [0.3, 0.4) is 0 Å². The van der Waals surface area contributed by atoms with Crippen LogP contribution in [0.5, 0.6) is 0 Å². The first-order valence-electron chi connectivity index (χ1n) is 5.26. The van der Waals surface area contributed by atoms with E-state index in [4.69, 9.17) is 0 Å². The summed E-state index contributed by atoms with van der Waals surface area (Å²) >= 11 is 0. The monoisotopic (exact) mass is 258 g/mol. The first-order valence-corrected chi connectivity index (χ1v) is 5.26. The van der Waals surface area contributed by atoms with E-state index >= 15 is 0 Å². The molecule has 0 aliphatic rings. The normalized spacial score (nSPS) is 13.6. The van der Waals surface area contributed by atoms with Crippen molar-refractivity contribution >= 4 is 0 Å². The van der Waals surface area contributed by atoms with Gasteiger partial charge in [0.15, 0.2) is 0 Å². The van der Waals surface area contributed by atoms with Crippen LogP contribution in [0.2, 0.25) is 0 Å². The third-order valence-corrected chi connectivity index (χ3v) is 2.73. The Morgan fingerprint density at radius 3 is 2.56 bits per heavy atom. The molecule has 1 atom stereocenters. The number of alkyl halides is 3. The van der Waals surface area contributed by atoms with Gasteiger partial charge in [-0.25, -0.2) is 9.37 Å². The Labute approximate surface area is 101 Å². The molecule has 0 radical (unpaired) electrons. The number of imidazole rings is 1. The van der Waals surface area contributed by atoms with E-state index in [0.717, 1.165) is 6.07 Å². The summed E-state index contributed by atoms with van der Waals surface area (Å²) in [4.78, 5) is 6.68. The van der Waals surface area contributed by atoms with Crippen LogP contribution in [-0.4, -0.2) is 9.97 Å². The van der Waals surface area contributed by atoms with Gasteiger partial charge in [0.1, 0.15) is 11.6 Å². The van der Waals surface area contributed by atoms with Gasteiger partial charge in [0.2, 0.25) is 0 Å². The lowest BCUT2D eigenvalue weighted by atomic mass is 9.97. The molecule has 2 nitrogen and oxygen atoms in total. The van der Waals surface area contributed by atoms with E-state index in [9.17, 15) is 17.6 Å². The fourth-order valence-electron chi connectivity index (χ4n) is 1.76. The van der Waals surface area contributed by atoms with Crippen molar-refractivity contribution in [1.29, 1.82) is 0 Å². The standard InChI is InChI=1S/C12H10F4N2/c1-7(11-17-5-6-18-11)8-3-2-4-9(10(8)13)12(14,15)16/h2-7H,1H3,(H,17,18). The Bertz CT molecular complexity index is 532. The largest absolute Gasteiger partial charge is 0.419 e. The van der Waals surface area contributed by atoms with Crippen LogP contribution in [0.15, 0.2) is 30.6 Å². The zero-order valence-corrected chi connectivity index (χ0v) is 9.42. The topological polar surface area (TPSA) is 28.7 Å². The van der Waals surface area contributed by atoms with E-state index in [0.29, 0.717) is 5.82 Å². The lowest BCUT2D eigenvalue weighted by Gasteiger charge is -2.14. The number of hydrogen-bond donors (Lipinski definition) is 1. The summed E-state index contributed by atoms with van der Waals surface area (Å²) in [5.74, 6) is -1.38. The van der Waals surface area contributed by atoms with Crippen molar-refractivity contribution in [3.63, 3.8) is 0 Å². The Morgan fingerprint density at radius 1 is 1.28 bits per heavy atom. The van der Waals surface area contributed by atoms with Gasteiger partial charge in [0, 0.05) is 18.3 Å². The van der Waals surface area contributed by atoms with Crippen LogP contribution in [0.4, 0.5) is 17.6 Å². The van der Waals surface area contributed by atoms with Gasteiger partial charge in [-0.05, 0) is 11.6 Å². The lowest BCUT2D eigenvalue weighted by Crippen LogP contribution is -2.11. The average molecular weight is 258 g/mol. The average Bonchev–Trinajstić information content (AvgIpc) is 2.80. The smallest absolute Gasteiger partial charge is 0.348 e. The van der Waals surface area contributed by atoms with Gasteiger partial charge in [0.05, 0.1) is 5.56 Å². The van der Waals surface area contributed by atoms with Crippen LogP contribution in [-0.2, 0) is 6.18 Å². The maximum Gasteiger partial charge on any atom is 0.419 e. The van der Waals surface area contributed by atoms with Gasteiger partial charge in [0.25, 0.3) is 0 Å². The highest BCUT2D eigenvalue weighted by molar-refractivity contribution is 5.33. The Balaban J connectivity index is 2.47. The molecule has 1 N–H and O–H groups in total. The minimum Gasteiger partial charge on any atom is -0.348 e. The first kappa shape index (κ1) is 12.6. The second-order valence-electron chi connectivity index (χ2n) is 3.90. The summed E-state index contributed by atoms with van der Waals surface area (Å²) in [7, 11) is 0. The summed E-state index contributed by atoms with van der Waals surface area (Å²) < 4.78 is 51.6. The number of aromatic nitrogens is 2. The Hall–Kier alpha value is -1.85. The number of rotatable bonds is 2. The molecule has 2 aromatic rings. The second-order valence-corrected chi connectivity index (χ2v) is 3.90. The molecule has 0 saturated carbocycles. The molecule has 18 heavy (non-hydrogen) atoms. The molecule has 0 saturated heterocycles. The number of aromatic amines is 1. The number of H-pyrrole nitrogens is 1. The van der Waals surface area contributed by atoms with Crippen molar-refractivity contribution in [2.75, 3.05) is 0 Å². The van der Waals surface area contributed by atoms with Crippen molar-refractivity contribution in [3.8, 4) is 0 Å². The third kappa shape index (κ3) is 2.23. The molecular formula is C12H10F4N2. The van der Waals surface area contributed by atoms with Crippen molar-refractivity contribution in [1.82, 2.24) is 9.97 Å². The zero-order chi connectivity index (χ0) is 13.3. The quantitative estimate of drug-likeness (QED) is 0.817. The lowest BCUT2D eigenvalue weighted by molar-refractivity contribution is -0.140. The van der Waals surface area contributed by atoms with Gasteiger partial charge in [-0.2, -0.15) is 13.2 Å². The molecule has 96 valence electrons. The highest BCUT2D eigenvalue weighted by Crippen LogP contribution is 2.35. The molecule has 6 heteroatoms. The van der Waals surface area contributed by atoms with Gasteiger partial charge >= 0.3 is 6.18 Å². The molecule has 1 unspecified atom stereocenters. The van der Waals surface area contributed by atoms with Gasteiger partial charge in [-0.15, -0.1) is 0 Å². The summed E-state index contributed by atoms with van der Waals surface area (Å²) in [5, 5.41) is 0. The fourth-order valence-corrected chi connectivity index (χ4v) is 1.76. The van der Waals surface area contributed by atoms with Gasteiger partial charge < -0.3 is 4.98 Å². The fraction of sp³-hybridized carbons (Fsp3) is 0.250. The maximum absolute atomic E-state index is 13.8. The number of benzene rings is 1. The van der Waals surface area contributed by atoms with E-state index in [1.807, 2.05) is 0 Å². The molecular weight excluding hydrogens is 248 g/mol. The summed E-state index contributed by atoms with van der Waals surface area (Å²) in [6.07, 6.45) is -1.68. The minimum absolute atomic E-state index is 0.0280. The van der Waals surface area contributed by atoms with E-state index in [1.54, 1.807) is 6.92 Å². The number of nitrogens with zero attached hydrogens (tertiary/aromatic N) is 1. The maximum atomic E-state index is 13.8. The number of nitrogens with one attached hydrogen (secondary N) is 1. The van der Waals surface area contributed by atoms with Gasteiger partial charge in [-0.1, -0.05) is 19.1 Å². The van der Waals surface area contributed by atoms with E-state index in [1.165, 1.54) is 24.5 Å². The van der Waals surface area contributed by atoms with E-state index in [-0.39, 0.29) is 5.56 Å². The molecule has 0 amide bonds. The summed E-state index contributed by atoms with van der Waals surface area (Å²) in [5.41, 5.74) is -1.28. The minimum atomic E-state index is -4.69. The van der Waals surface area contributed by atoms with Crippen molar-refractivity contribution < 1.29 is 17.6 Å². The Kier molecular flexibility index (Phi) is 3.11. The summed E-state index contributed by atoms with van der Waals surface area (Å²) in [6, 6.07) is 3.26. The molecule has 0 aliphatic heterocycles. The van der Waals surface area contributed by atoms with Crippen LogP contribution >= 0.6 is 0 Å². The molecule has 1 heterocycles. The molecule has 0 spiro atoms. The molecule has 2 rings (SSSR count). The predicted molar refractivity (Wildman–Crippen MR) is 57.5 cm³/mol. The van der Waals surface area contributed by atoms with Crippen LogP contribution in [0, 0.1) is 5.82 Å². The highest BCUT2D eigenvalue weighted by Gasteiger charge is 2.35. The molecule has 1 aromatic heterocycles. The molecule has 0 fully saturated rings. The first-order chi connectivity index (χ1) is 8.41. The second kappa shape index (κ2) is 4.44. The van der Waals surface area contributed by atoms with Crippen LogP contribution in [0.1, 0.15) is 29.8 Å². The predicted octanol–water partition coefficient (Wildman–Crippen LogP) is 3.72. The number of hydrogen-bond acceptors (Lipinski definition) is 1.